The summed E-state index contributed by atoms with van der Waals surface area (Å²) in [6.07, 6.45) is 4.00. The summed E-state index contributed by atoms with van der Waals surface area (Å²) in [5.74, 6) is 0.681. The number of aldehydes is 2. The van der Waals surface area contributed by atoms with Crippen molar-refractivity contribution in [1.82, 2.24) is 14.8 Å². The first-order valence-corrected chi connectivity index (χ1v) is 14.9. The van der Waals surface area contributed by atoms with Crippen LogP contribution in [0.2, 0.25) is 0 Å². The highest BCUT2D eigenvalue weighted by atomic mass is 16.5. The van der Waals surface area contributed by atoms with Crippen LogP contribution in [0.4, 0.5) is 17.1 Å². The molecule has 1 unspecified atom stereocenters. The van der Waals surface area contributed by atoms with Gasteiger partial charge in [0.2, 0.25) is 0 Å². The second-order valence-electron chi connectivity index (χ2n) is 11.7. The summed E-state index contributed by atoms with van der Waals surface area (Å²) in [6, 6.07) is 11.4. The number of aryl methyl sites for hydroxylation is 2. The lowest BCUT2D eigenvalue weighted by Gasteiger charge is -2.32. The smallest absolute Gasteiger partial charge is 0.257 e. The van der Waals surface area contributed by atoms with Crippen LogP contribution in [0, 0.1) is 13.8 Å². The van der Waals surface area contributed by atoms with Gasteiger partial charge < -0.3 is 40.6 Å². The van der Waals surface area contributed by atoms with E-state index in [2.05, 4.69) is 51.9 Å². The van der Waals surface area contributed by atoms with Crippen molar-refractivity contribution in [3.8, 4) is 5.75 Å². The molecule has 236 valence electrons. The average molecular weight is 605 g/mol. The van der Waals surface area contributed by atoms with E-state index in [9.17, 15) is 19.5 Å². The molecule has 2 aliphatic heterocycles. The average Bonchev–Trinajstić information content (AvgIpc) is 3.42. The molecule has 1 aromatic heterocycles. The highest BCUT2D eigenvalue weighted by Crippen LogP contribution is 2.37. The third-order valence-electron chi connectivity index (χ3n) is 8.23. The van der Waals surface area contributed by atoms with Crippen LogP contribution >= 0.6 is 0 Å². The Labute approximate surface area is 258 Å². The van der Waals surface area contributed by atoms with Gasteiger partial charge in [-0.2, -0.15) is 0 Å². The number of benzene rings is 2. The maximum Gasteiger partial charge on any atom is 0.257 e. The number of piperidine rings is 1. The molecule has 1 fully saturated rings. The van der Waals surface area contributed by atoms with Crippen LogP contribution < -0.4 is 26.2 Å². The predicted octanol–water partition coefficient (Wildman–Crippen LogP) is 3.65. The minimum atomic E-state index is -0.819. The van der Waals surface area contributed by atoms with Crippen LogP contribution in [-0.4, -0.2) is 92.0 Å². The lowest BCUT2D eigenvalue weighted by Crippen LogP contribution is -2.40. The number of aliphatic hydroxyl groups excluding tert-OH is 1. The van der Waals surface area contributed by atoms with E-state index < -0.39 is 12.3 Å². The predicted molar refractivity (Wildman–Crippen MR) is 174 cm³/mol. The van der Waals surface area contributed by atoms with Gasteiger partial charge in [0.15, 0.2) is 12.6 Å². The van der Waals surface area contributed by atoms with Crippen LogP contribution in [-0.2, 0) is 0 Å². The second-order valence-corrected chi connectivity index (χ2v) is 11.7. The Morgan fingerprint density at radius 2 is 1.66 bits per heavy atom. The van der Waals surface area contributed by atoms with E-state index in [1.54, 1.807) is 18.2 Å². The third-order valence-corrected chi connectivity index (χ3v) is 8.23. The first kappa shape index (κ1) is 32.7. The molecule has 0 saturated carbocycles. The molecular weight excluding hydrogens is 560 g/mol. The molecule has 3 aromatic rings. The Morgan fingerprint density at radius 3 is 2.23 bits per heavy atom. The second kappa shape index (κ2) is 15.0. The molecule has 0 bridgehead atoms. The van der Waals surface area contributed by atoms with Gasteiger partial charge in [0.25, 0.3) is 5.56 Å². The number of aromatic amines is 1. The van der Waals surface area contributed by atoms with E-state index in [4.69, 9.17) is 4.74 Å². The zero-order valence-corrected chi connectivity index (χ0v) is 26.1. The SMILES string of the molecule is CN1CCC(N(C)C)CC1.Cc1ccc(OCC(O)CNc2cc[nH]c(=O)c2C2Nc3cc(C=O)c(C=O)cc3N2)cc1C. The molecule has 0 amide bonds. The van der Waals surface area contributed by atoms with E-state index in [-0.39, 0.29) is 29.8 Å². The summed E-state index contributed by atoms with van der Waals surface area (Å²) in [5.41, 5.74) is 4.58. The van der Waals surface area contributed by atoms with Gasteiger partial charge >= 0.3 is 0 Å². The molecule has 11 heteroatoms. The lowest BCUT2D eigenvalue weighted by molar-refractivity contribution is 0.109. The molecule has 11 nitrogen and oxygen atoms in total. The molecule has 5 N–H and O–H groups in total. The van der Waals surface area contributed by atoms with E-state index >= 15 is 0 Å². The van der Waals surface area contributed by atoms with Gasteiger partial charge in [-0.05, 0) is 102 Å². The summed E-state index contributed by atoms with van der Waals surface area (Å²) < 4.78 is 5.69. The Morgan fingerprint density at radius 1 is 1.02 bits per heavy atom. The van der Waals surface area contributed by atoms with Crippen molar-refractivity contribution in [1.29, 1.82) is 0 Å². The lowest BCUT2D eigenvalue weighted by atomic mass is 10.1. The van der Waals surface area contributed by atoms with Crippen molar-refractivity contribution in [2.45, 2.75) is 45.0 Å². The van der Waals surface area contributed by atoms with Crippen LogP contribution in [0.15, 0.2) is 47.4 Å². The largest absolute Gasteiger partial charge is 0.491 e. The number of rotatable bonds is 10. The summed E-state index contributed by atoms with van der Waals surface area (Å²) in [5, 5.41) is 19.9. The number of aliphatic hydroxyl groups is 1. The van der Waals surface area contributed by atoms with Gasteiger partial charge in [-0.1, -0.05) is 6.07 Å². The van der Waals surface area contributed by atoms with E-state index in [1.165, 1.54) is 32.1 Å². The maximum atomic E-state index is 12.7. The van der Waals surface area contributed by atoms with Crippen LogP contribution in [0.25, 0.3) is 0 Å². The molecule has 0 radical (unpaired) electrons. The van der Waals surface area contributed by atoms with Gasteiger partial charge in [-0.3, -0.25) is 14.4 Å². The molecule has 0 aliphatic carbocycles. The zero-order valence-electron chi connectivity index (χ0n) is 26.1. The van der Waals surface area contributed by atoms with Gasteiger partial charge in [0.05, 0.1) is 16.9 Å². The Bertz CT molecular complexity index is 1460. The number of pyridine rings is 1. The minimum Gasteiger partial charge on any atom is -0.491 e. The fourth-order valence-electron chi connectivity index (χ4n) is 5.29. The molecule has 2 aliphatic rings. The first-order valence-electron chi connectivity index (χ1n) is 14.9. The quantitative estimate of drug-likeness (QED) is 0.218. The Balaban J connectivity index is 0.000000375. The molecule has 1 saturated heterocycles. The monoisotopic (exact) mass is 604 g/mol. The van der Waals surface area contributed by atoms with Gasteiger partial charge in [-0.15, -0.1) is 0 Å². The molecule has 3 heterocycles. The van der Waals surface area contributed by atoms with Crippen LogP contribution in [0.1, 0.15) is 56.4 Å². The Kier molecular flexibility index (Phi) is 11.2. The fraction of sp³-hybridized carbons (Fsp3) is 0.424. The summed E-state index contributed by atoms with van der Waals surface area (Å²) in [7, 11) is 6.55. The van der Waals surface area contributed by atoms with Crippen LogP contribution in [0.3, 0.4) is 0 Å². The number of nitrogens with zero attached hydrogens (tertiary/aromatic N) is 2. The van der Waals surface area contributed by atoms with Crippen molar-refractivity contribution in [3.05, 3.63) is 80.8 Å². The molecule has 1 atom stereocenters. The summed E-state index contributed by atoms with van der Waals surface area (Å²) >= 11 is 0. The number of hydrogen-bond acceptors (Lipinski definition) is 10. The number of ether oxygens (including phenoxy) is 1. The van der Waals surface area contributed by atoms with Gasteiger partial charge in [0, 0.05) is 35.6 Å². The molecule has 0 spiro atoms. The van der Waals surface area contributed by atoms with Gasteiger partial charge in [-0.25, -0.2) is 0 Å². The number of H-pyrrole nitrogens is 1. The van der Waals surface area contributed by atoms with Crippen molar-refractivity contribution in [2.24, 2.45) is 0 Å². The Hall–Kier alpha value is -4.19. The summed E-state index contributed by atoms with van der Waals surface area (Å²) in [4.78, 5) is 42.6. The van der Waals surface area contributed by atoms with Crippen molar-refractivity contribution < 1.29 is 19.4 Å². The van der Waals surface area contributed by atoms with Crippen molar-refractivity contribution in [3.63, 3.8) is 0 Å². The highest BCUT2D eigenvalue weighted by Gasteiger charge is 2.27. The third kappa shape index (κ3) is 8.25. The molecular formula is C33H44N6O5. The highest BCUT2D eigenvalue weighted by molar-refractivity contribution is 5.95. The zero-order chi connectivity index (χ0) is 31.8. The number of likely N-dealkylation sites (tertiary alicyclic amines) is 1. The topological polar surface area (TPSA) is 139 Å². The fourth-order valence-corrected chi connectivity index (χ4v) is 5.29. The first-order chi connectivity index (χ1) is 21.1. The number of aromatic nitrogens is 1. The van der Waals surface area contributed by atoms with E-state index in [1.807, 2.05) is 32.0 Å². The van der Waals surface area contributed by atoms with Crippen molar-refractivity contribution in [2.75, 3.05) is 63.3 Å². The molecule has 44 heavy (non-hydrogen) atoms. The molecule has 5 rings (SSSR count). The van der Waals surface area contributed by atoms with Gasteiger partial charge in [0.1, 0.15) is 24.6 Å². The van der Waals surface area contributed by atoms with Crippen molar-refractivity contribution >= 4 is 29.6 Å². The normalized spacial score (nSPS) is 15.8. The molecule has 2 aromatic carbocycles. The number of nitrogens with one attached hydrogen (secondary N) is 4. The number of anilines is 3. The number of carbonyl (C=O) groups excluding carboxylic acids is 2. The van der Waals surface area contributed by atoms with Crippen LogP contribution in [0.5, 0.6) is 5.75 Å². The number of fused-ring (bicyclic) bond motifs is 1. The van der Waals surface area contributed by atoms with E-state index in [0.717, 1.165) is 17.2 Å². The minimum absolute atomic E-state index is 0.0857. The standard InChI is InChI=1S/C25H26N4O5.C8H18N2/c1-14-3-4-19(7-15(14)2)34-13-18(32)10-27-20-5-6-26-25(33)23(20)24-28-21-8-16(11-30)17(12-31)9-22(21)29-24;1-9(2)8-4-6-10(3)7-5-8/h3-9,11-12,18,24,28-29,32H,10,13H2,1-2H3,(H2,26,27,33);8H,4-7H2,1-3H3. The maximum absolute atomic E-state index is 12.7. The summed E-state index contributed by atoms with van der Waals surface area (Å²) in [6.45, 7) is 6.79. The number of hydrogen-bond donors (Lipinski definition) is 5. The number of carbonyl (C=O) groups is 2. The van der Waals surface area contributed by atoms with E-state index in [0.29, 0.717) is 40.9 Å².